The number of nitrogens with zero attached hydrogens (tertiary/aromatic N) is 4. The largest absolute Gasteiger partial charge is 0.444 e. The highest BCUT2D eigenvalue weighted by molar-refractivity contribution is 5.69. The Hall–Kier alpha value is -1.49. The van der Waals surface area contributed by atoms with E-state index >= 15 is 0 Å². The molecule has 1 fully saturated rings. The fraction of sp³-hybridized carbons (Fsp3) is 0.900. The summed E-state index contributed by atoms with van der Waals surface area (Å²) in [6.07, 6.45) is -1.45. The van der Waals surface area contributed by atoms with Crippen molar-refractivity contribution in [3.05, 3.63) is 10.4 Å². The van der Waals surface area contributed by atoms with Crippen LogP contribution in [0.4, 0.5) is 9.18 Å². The summed E-state index contributed by atoms with van der Waals surface area (Å²) in [5, 5.41) is 3.38. The van der Waals surface area contributed by atoms with Gasteiger partial charge in [0.2, 0.25) is 0 Å². The first-order valence-electron chi connectivity index (χ1n) is 5.48. The van der Waals surface area contributed by atoms with Crippen LogP contribution in [0.15, 0.2) is 5.11 Å². The molecule has 0 aliphatic carbocycles. The first-order chi connectivity index (χ1) is 7.83. The van der Waals surface area contributed by atoms with E-state index < -0.39 is 23.9 Å². The molecule has 6 nitrogen and oxygen atoms in total. The minimum atomic E-state index is -1.08. The summed E-state index contributed by atoms with van der Waals surface area (Å²) in [5.41, 5.74) is 7.62. The molecule has 0 radical (unpaired) electrons. The zero-order valence-electron chi connectivity index (χ0n) is 10.3. The van der Waals surface area contributed by atoms with Crippen LogP contribution in [0.5, 0.6) is 0 Å². The van der Waals surface area contributed by atoms with Crippen molar-refractivity contribution in [3.8, 4) is 0 Å². The Kier molecular flexibility index (Phi) is 4.17. The average Bonchev–Trinajstić information content (AvgIpc) is 2.54. The number of hydrogen-bond donors (Lipinski definition) is 0. The predicted octanol–water partition coefficient (Wildman–Crippen LogP) is 2.64. The summed E-state index contributed by atoms with van der Waals surface area (Å²) < 4.78 is 18.4. The number of amides is 1. The lowest BCUT2D eigenvalue weighted by atomic mass is 10.2. The van der Waals surface area contributed by atoms with E-state index in [-0.39, 0.29) is 19.5 Å². The molecule has 0 spiro atoms. The number of azide groups is 1. The molecule has 0 saturated carbocycles. The van der Waals surface area contributed by atoms with Crippen LogP contribution >= 0.6 is 0 Å². The first-order valence-corrected chi connectivity index (χ1v) is 5.48. The van der Waals surface area contributed by atoms with Gasteiger partial charge >= 0.3 is 6.09 Å². The van der Waals surface area contributed by atoms with Crippen LogP contribution in [0, 0.1) is 0 Å². The van der Waals surface area contributed by atoms with Crippen molar-refractivity contribution in [3.63, 3.8) is 0 Å². The quantitative estimate of drug-likeness (QED) is 0.425. The van der Waals surface area contributed by atoms with E-state index in [0.29, 0.717) is 0 Å². The Morgan fingerprint density at radius 1 is 1.65 bits per heavy atom. The van der Waals surface area contributed by atoms with Crippen molar-refractivity contribution in [2.75, 3.05) is 13.1 Å². The Labute approximate surface area is 99.4 Å². The molecule has 7 heteroatoms. The van der Waals surface area contributed by atoms with Crippen LogP contribution in [0.1, 0.15) is 27.2 Å². The molecule has 1 amide bonds. The highest BCUT2D eigenvalue weighted by Crippen LogP contribution is 2.23. The molecule has 1 aliphatic rings. The summed E-state index contributed by atoms with van der Waals surface area (Å²) in [6.45, 7) is 5.32. The van der Waals surface area contributed by atoms with E-state index in [1.807, 2.05) is 0 Å². The van der Waals surface area contributed by atoms with Gasteiger partial charge in [0.1, 0.15) is 11.8 Å². The summed E-state index contributed by atoms with van der Waals surface area (Å²) in [4.78, 5) is 15.7. The molecule has 17 heavy (non-hydrogen) atoms. The van der Waals surface area contributed by atoms with Crippen LogP contribution in [0.3, 0.4) is 0 Å². The van der Waals surface area contributed by atoms with Gasteiger partial charge in [0.05, 0.1) is 6.54 Å². The SMILES string of the molecule is CC(C)(C)OC(=O)N1C[C@H](F)C[C@H]1CN=[N+]=[N-]. The van der Waals surface area contributed by atoms with Gasteiger partial charge in [-0.25, -0.2) is 9.18 Å². The first kappa shape index (κ1) is 13.6. The lowest BCUT2D eigenvalue weighted by molar-refractivity contribution is 0.0224. The normalized spacial score (nSPS) is 24.4. The van der Waals surface area contributed by atoms with Crippen molar-refractivity contribution < 1.29 is 13.9 Å². The van der Waals surface area contributed by atoms with Gasteiger partial charge in [-0.2, -0.15) is 0 Å². The zero-order chi connectivity index (χ0) is 13.1. The monoisotopic (exact) mass is 244 g/mol. The molecule has 96 valence electrons. The van der Waals surface area contributed by atoms with Gasteiger partial charge < -0.3 is 9.64 Å². The van der Waals surface area contributed by atoms with Crippen LogP contribution in [-0.2, 0) is 4.74 Å². The Bertz CT molecular complexity index is 336. The molecule has 0 aromatic rings. The lowest BCUT2D eigenvalue weighted by Crippen LogP contribution is -2.41. The molecule has 1 heterocycles. The van der Waals surface area contributed by atoms with Crippen molar-refractivity contribution in [1.82, 2.24) is 4.90 Å². The van der Waals surface area contributed by atoms with Gasteiger partial charge in [0.15, 0.2) is 0 Å². The minimum Gasteiger partial charge on any atom is -0.444 e. The summed E-state index contributed by atoms with van der Waals surface area (Å²) in [5.74, 6) is 0. The maximum Gasteiger partial charge on any atom is 0.410 e. The number of halogens is 1. The van der Waals surface area contributed by atoms with Crippen molar-refractivity contribution in [2.24, 2.45) is 5.11 Å². The van der Waals surface area contributed by atoms with Gasteiger partial charge in [0, 0.05) is 23.9 Å². The summed E-state index contributed by atoms with van der Waals surface area (Å²) in [6, 6.07) is -0.407. The third-order valence-corrected chi connectivity index (χ3v) is 2.35. The average molecular weight is 244 g/mol. The molecule has 0 bridgehead atoms. The molecule has 0 unspecified atom stereocenters. The van der Waals surface area contributed by atoms with Crippen LogP contribution in [0.2, 0.25) is 0 Å². The van der Waals surface area contributed by atoms with Gasteiger partial charge in [-0.15, -0.1) is 0 Å². The molecule has 0 aromatic heterocycles. The number of ether oxygens (including phenoxy) is 1. The number of alkyl halides is 1. The smallest absolute Gasteiger partial charge is 0.410 e. The van der Waals surface area contributed by atoms with E-state index in [4.69, 9.17) is 10.3 Å². The van der Waals surface area contributed by atoms with Crippen LogP contribution < -0.4 is 0 Å². The molecular weight excluding hydrogens is 227 g/mol. The van der Waals surface area contributed by atoms with Crippen LogP contribution in [0.25, 0.3) is 10.4 Å². The second kappa shape index (κ2) is 5.23. The van der Waals surface area contributed by atoms with Gasteiger partial charge in [-0.3, -0.25) is 0 Å². The highest BCUT2D eigenvalue weighted by Gasteiger charge is 2.37. The third kappa shape index (κ3) is 4.11. The van der Waals surface area contributed by atoms with E-state index in [1.165, 1.54) is 4.90 Å². The lowest BCUT2D eigenvalue weighted by Gasteiger charge is -2.27. The Balaban J connectivity index is 2.66. The molecule has 0 aromatic carbocycles. The number of likely N-dealkylation sites (tertiary alicyclic amines) is 1. The van der Waals surface area contributed by atoms with Gasteiger partial charge in [0.25, 0.3) is 0 Å². The van der Waals surface area contributed by atoms with Crippen molar-refractivity contribution in [1.29, 1.82) is 0 Å². The fourth-order valence-corrected chi connectivity index (χ4v) is 1.71. The Morgan fingerprint density at radius 2 is 2.29 bits per heavy atom. The second-order valence-corrected chi connectivity index (χ2v) is 5.03. The highest BCUT2D eigenvalue weighted by atomic mass is 19.1. The molecule has 1 saturated heterocycles. The Morgan fingerprint density at radius 3 is 2.82 bits per heavy atom. The number of hydrogen-bond acceptors (Lipinski definition) is 3. The zero-order valence-corrected chi connectivity index (χ0v) is 10.3. The number of carbonyl (C=O) groups is 1. The molecule has 2 atom stereocenters. The fourth-order valence-electron chi connectivity index (χ4n) is 1.71. The summed E-state index contributed by atoms with van der Waals surface area (Å²) >= 11 is 0. The maximum atomic E-state index is 13.3. The second-order valence-electron chi connectivity index (χ2n) is 5.03. The van der Waals surface area contributed by atoms with Gasteiger partial charge in [-0.05, 0) is 26.3 Å². The molecule has 1 aliphatic heterocycles. The van der Waals surface area contributed by atoms with E-state index in [2.05, 4.69) is 10.0 Å². The molecular formula is C10H17FN4O2. The van der Waals surface area contributed by atoms with E-state index in [1.54, 1.807) is 20.8 Å². The molecule has 1 rings (SSSR count). The third-order valence-electron chi connectivity index (χ3n) is 2.35. The predicted molar refractivity (Wildman–Crippen MR) is 60.3 cm³/mol. The van der Waals surface area contributed by atoms with Gasteiger partial charge in [-0.1, -0.05) is 5.11 Å². The number of rotatable bonds is 2. The standard InChI is InChI=1S/C10H17FN4O2/c1-10(2,3)17-9(16)15-6-7(11)4-8(15)5-13-14-12/h7-8H,4-6H2,1-3H3/t7-,8+/m1/s1. The minimum absolute atomic E-state index is 0.000524. The van der Waals surface area contributed by atoms with E-state index in [0.717, 1.165) is 0 Å². The van der Waals surface area contributed by atoms with Crippen LogP contribution in [-0.4, -0.2) is 41.9 Å². The maximum absolute atomic E-state index is 13.3. The molecule has 0 N–H and O–H groups in total. The number of carbonyl (C=O) groups excluding carboxylic acids is 1. The van der Waals surface area contributed by atoms with E-state index in [9.17, 15) is 9.18 Å². The topological polar surface area (TPSA) is 78.3 Å². The summed E-state index contributed by atoms with van der Waals surface area (Å²) in [7, 11) is 0. The van der Waals surface area contributed by atoms with Crippen molar-refractivity contribution >= 4 is 6.09 Å². The van der Waals surface area contributed by atoms with Crippen molar-refractivity contribution in [2.45, 2.75) is 45.0 Å².